The van der Waals surface area contributed by atoms with Gasteiger partial charge in [0.2, 0.25) is 5.96 Å². The number of rotatable bonds is 7. The summed E-state index contributed by atoms with van der Waals surface area (Å²) in [4.78, 5) is 32.6. The molecule has 5 rings (SSSR count). The number of hydrogen-bond donors (Lipinski definition) is 0. The second kappa shape index (κ2) is 10.5. The fourth-order valence-electron chi connectivity index (χ4n) is 4.38. The number of aliphatic imine (C=N–C) groups is 1. The molecule has 0 aliphatic carbocycles. The van der Waals surface area contributed by atoms with E-state index >= 15 is 0 Å². The van der Waals surface area contributed by atoms with E-state index in [-0.39, 0.29) is 13.2 Å². The van der Waals surface area contributed by atoms with Crippen LogP contribution in [0.4, 0.5) is 5.69 Å². The summed E-state index contributed by atoms with van der Waals surface area (Å²) in [5, 5.41) is 6.51. The van der Waals surface area contributed by atoms with Gasteiger partial charge in [0.1, 0.15) is 0 Å². The molecule has 0 saturated heterocycles. The summed E-state index contributed by atoms with van der Waals surface area (Å²) in [6.07, 6.45) is 0. The molecule has 2 heterocycles. The Hall–Kier alpha value is -4.72. The van der Waals surface area contributed by atoms with Gasteiger partial charge in [0.15, 0.2) is 12.4 Å². The largest absolute Gasteiger partial charge is 0.463 e. The molecular weight excluding hydrogens is 468 g/mol. The number of guanidine groups is 1. The number of nitrogens with zero attached hydrogens (tertiary/aromatic N) is 4. The van der Waals surface area contributed by atoms with Gasteiger partial charge in [-0.1, -0.05) is 66.7 Å². The SMILES string of the molecule is CCOC(=O)C1=C(C)N=C2N(c3ccccc3)N=C(COC(=O)c3ccccc3)N2C1c1ccccc1. The van der Waals surface area contributed by atoms with E-state index in [0.29, 0.717) is 28.6 Å². The van der Waals surface area contributed by atoms with Crippen LogP contribution in [-0.4, -0.2) is 41.8 Å². The maximum Gasteiger partial charge on any atom is 0.338 e. The van der Waals surface area contributed by atoms with E-state index in [1.165, 1.54) is 0 Å². The fourth-order valence-corrected chi connectivity index (χ4v) is 4.38. The maximum atomic E-state index is 13.2. The Morgan fingerprint density at radius 1 is 0.838 bits per heavy atom. The molecule has 0 spiro atoms. The van der Waals surface area contributed by atoms with E-state index in [1.807, 2.05) is 71.6 Å². The molecule has 1 atom stereocenters. The molecule has 0 saturated carbocycles. The van der Waals surface area contributed by atoms with Crippen LogP contribution in [0, 0.1) is 0 Å². The molecular formula is C29H26N4O4. The molecule has 37 heavy (non-hydrogen) atoms. The normalized spacial score (nSPS) is 16.6. The number of esters is 2. The summed E-state index contributed by atoms with van der Waals surface area (Å²) < 4.78 is 11.1. The molecule has 8 heteroatoms. The van der Waals surface area contributed by atoms with Crippen molar-refractivity contribution >= 4 is 29.4 Å². The van der Waals surface area contributed by atoms with Crippen LogP contribution in [0.25, 0.3) is 0 Å². The predicted molar refractivity (Wildman–Crippen MR) is 141 cm³/mol. The van der Waals surface area contributed by atoms with Crippen molar-refractivity contribution in [1.82, 2.24) is 4.90 Å². The highest BCUT2D eigenvalue weighted by atomic mass is 16.5. The molecule has 186 valence electrons. The van der Waals surface area contributed by atoms with Crippen LogP contribution in [0.15, 0.2) is 112 Å². The predicted octanol–water partition coefficient (Wildman–Crippen LogP) is 4.93. The van der Waals surface area contributed by atoms with Gasteiger partial charge < -0.3 is 9.47 Å². The average Bonchev–Trinajstić information content (AvgIpc) is 3.30. The number of ether oxygens (including phenoxy) is 2. The highest BCUT2D eigenvalue weighted by Crippen LogP contribution is 2.40. The fraction of sp³-hybridized carbons (Fsp3) is 0.172. The molecule has 0 aromatic heterocycles. The number of carbonyl (C=O) groups excluding carboxylic acids is 2. The molecule has 2 aliphatic heterocycles. The van der Waals surface area contributed by atoms with Crippen molar-refractivity contribution in [2.45, 2.75) is 19.9 Å². The van der Waals surface area contributed by atoms with Crippen molar-refractivity contribution in [3.63, 3.8) is 0 Å². The lowest BCUT2D eigenvalue weighted by Gasteiger charge is -2.35. The first-order valence-electron chi connectivity index (χ1n) is 12.0. The van der Waals surface area contributed by atoms with Crippen molar-refractivity contribution < 1.29 is 19.1 Å². The van der Waals surface area contributed by atoms with Gasteiger partial charge in [-0.05, 0) is 43.7 Å². The van der Waals surface area contributed by atoms with Crippen molar-refractivity contribution in [3.8, 4) is 0 Å². The molecule has 3 aromatic carbocycles. The smallest absolute Gasteiger partial charge is 0.338 e. The van der Waals surface area contributed by atoms with Crippen LogP contribution >= 0.6 is 0 Å². The van der Waals surface area contributed by atoms with E-state index in [4.69, 9.17) is 19.6 Å². The summed E-state index contributed by atoms with van der Waals surface area (Å²) in [5.74, 6) is 0.0346. The van der Waals surface area contributed by atoms with Crippen molar-refractivity contribution in [3.05, 3.63) is 113 Å². The van der Waals surface area contributed by atoms with E-state index in [2.05, 4.69) is 0 Å². The summed E-state index contributed by atoms with van der Waals surface area (Å²) >= 11 is 0. The number of hydrazone groups is 1. The number of para-hydroxylation sites is 1. The van der Waals surface area contributed by atoms with Gasteiger partial charge in [0, 0.05) is 0 Å². The molecule has 0 bridgehead atoms. The Balaban J connectivity index is 1.59. The molecule has 8 nitrogen and oxygen atoms in total. The third-order valence-corrected chi connectivity index (χ3v) is 6.04. The lowest BCUT2D eigenvalue weighted by atomic mass is 9.94. The molecule has 3 aromatic rings. The van der Waals surface area contributed by atoms with E-state index in [0.717, 1.165) is 11.3 Å². The summed E-state index contributed by atoms with van der Waals surface area (Å²) in [5.41, 5.74) is 3.03. The lowest BCUT2D eigenvalue weighted by molar-refractivity contribution is -0.139. The van der Waals surface area contributed by atoms with Crippen LogP contribution in [-0.2, 0) is 14.3 Å². The second-order valence-corrected chi connectivity index (χ2v) is 8.42. The molecule has 0 fully saturated rings. The van der Waals surface area contributed by atoms with Gasteiger partial charge in [0.05, 0.1) is 35.2 Å². The number of amidine groups is 1. The van der Waals surface area contributed by atoms with Gasteiger partial charge in [-0.3, -0.25) is 4.90 Å². The minimum absolute atomic E-state index is 0.117. The highest BCUT2D eigenvalue weighted by Gasteiger charge is 2.45. The van der Waals surface area contributed by atoms with Crippen molar-refractivity contribution in [2.75, 3.05) is 18.2 Å². The standard InChI is InChI=1S/C29H26N4O4/c1-3-36-28(35)25-20(2)30-29-32(26(25)21-13-7-4-8-14-21)24(31-33(29)23-17-11-6-12-18-23)19-37-27(34)22-15-9-5-10-16-22/h4-18,26H,3,19H2,1-2H3. The Morgan fingerprint density at radius 3 is 2.11 bits per heavy atom. The third kappa shape index (κ3) is 4.73. The van der Waals surface area contributed by atoms with Gasteiger partial charge in [-0.25, -0.2) is 14.6 Å². The number of benzene rings is 3. The molecule has 2 aliphatic rings. The minimum atomic E-state index is -0.573. The quantitative estimate of drug-likeness (QED) is 0.433. The van der Waals surface area contributed by atoms with Gasteiger partial charge >= 0.3 is 11.9 Å². The third-order valence-electron chi connectivity index (χ3n) is 6.04. The number of hydrogen-bond acceptors (Lipinski definition) is 8. The van der Waals surface area contributed by atoms with Gasteiger partial charge in [-0.2, -0.15) is 5.01 Å². The molecule has 0 N–H and O–H groups in total. The molecule has 0 radical (unpaired) electrons. The zero-order valence-corrected chi connectivity index (χ0v) is 20.6. The first kappa shape index (κ1) is 24.0. The van der Waals surface area contributed by atoms with Gasteiger partial charge in [-0.15, -0.1) is 5.10 Å². The Kier molecular flexibility index (Phi) is 6.81. The first-order valence-corrected chi connectivity index (χ1v) is 12.0. The summed E-state index contributed by atoms with van der Waals surface area (Å²) in [6.45, 7) is 3.68. The number of allylic oxidation sites excluding steroid dienone is 1. The molecule has 0 amide bonds. The highest BCUT2D eigenvalue weighted by molar-refractivity contribution is 6.15. The van der Waals surface area contributed by atoms with Gasteiger partial charge in [0.25, 0.3) is 0 Å². The number of carbonyl (C=O) groups is 2. The first-order chi connectivity index (χ1) is 18.1. The minimum Gasteiger partial charge on any atom is -0.463 e. The monoisotopic (exact) mass is 494 g/mol. The van der Waals surface area contributed by atoms with Crippen LogP contribution < -0.4 is 5.01 Å². The summed E-state index contributed by atoms with van der Waals surface area (Å²) in [7, 11) is 0. The number of anilines is 1. The maximum absolute atomic E-state index is 13.2. The summed E-state index contributed by atoms with van der Waals surface area (Å²) in [6, 6.07) is 27.4. The Morgan fingerprint density at radius 2 is 1.46 bits per heavy atom. The van der Waals surface area contributed by atoms with Crippen molar-refractivity contribution in [2.24, 2.45) is 10.1 Å². The zero-order valence-electron chi connectivity index (χ0n) is 20.6. The number of fused-ring (bicyclic) bond motifs is 1. The van der Waals surface area contributed by atoms with Crippen LogP contribution in [0.3, 0.4) is 0 Å². The van der Waals surface area contributed by atoms with Crippen LogP contribution in [0.5, 0.6) is 0 Å². The van der Waals surface area contributed by atoms with Crippen LogP contribution in [0.1, 0.15) is 35.8 Å². The Labute approximate surface area is 215 Å². The van der Waals surface area contributed by atoms with Crippen LogP contribution in [0.2, 0.25) is 0 Å². The average molecular weight is 495 g/mol. The van der Waals surface area contributed by atoms with E-state index in [9.17, 15) is 9.59 Å². The lowest BCUT2D eigenvalue weighted by Crippen LogP contribution is -2.46. The topological polar surface area (TPSA) is 83.8 Å². The Bertz CT molecular complexity index is 1390. The zero-order chi connectivity index (χ0) is 25.8. The van der Waals surface area contributed by atoms with Crippen molar-refractivity contribution in [1.29, 1.82) is 0 Å². The van der Waals surface area contributed by atoms with E-state index in [1.54, 1.807) is 43.1 Å². The van der Waals surface area contributed by atoms with E-state index < -0.39 is 18.0 Å². The second-order valence-electron chi connectivity index (χ2n) is 8.42. The molecule has 1 unspecified atom stereocenters.